The highest BCUT2D eigenvalue weighted by atomic mass is 16.5. The Bertz CT molecular complexity index is 418. The number of rotatable bonds is 4. The summed E-state index contributed by atoms with van der Waals surface area (Å²) in [7, 11) is 0. The lowest BCUT2D eigenvalue weighted by Crippen LogP contribution is -3.17. The van der Waals surface area contributed by atoms with Crippen LogP contribution in [0.5, 0.6) is 0 Å². The third-order valence-corrected chi connectivity index (χ3v) is 4.35. The number of carbonyl (C=O) groups excluding carboxylic acids is 3. The van der Waals surface area contributed by atoms with E-state index in [0.29, 0.717) is 19.7 Å². The molecule has 0 aromatic carbocycles. The van der Waals surface area contributed by atoms with Gasteiger partial charge < -0.3 is 15.0 Å². The lowest BCUT2D eigenvalue weighted by atomic mass is 9.96. The van der Waals surface area contributed by atoms with Crippen LogP contribution in [0, 0.1) is 5.92 Å². The summed E-state index contributed by atoms with van der Waals surface area (Å²) in [5, 5.41) is 2.64. The second kappa shape index (κ2) is 6.89. The van der Waals surface area contributed by atoms with Crippen LogP contribution in [0.15, 0.2) is 0 Å². The molecule has 0 aromatic rings. The number of quaternary nitrogens is 1. The number of nitrogens with one attached hydrogen (secondary N) is 2. The zero-order valence-corrected chi connectivity index (χ0v) is 12.7. The molecule has 7 nitrogen and oxygen atoms in total. The van der Waals surface area contributed by atoms with Gasteiger partial charge in [-0.3, -0.25) is 14.5 Å². The first-order chi connectivity index (χ1) is 10.0. The smallest absolute Gasteiger partial charge is 0.324 e. The highest BCUT2D eigenvalue weighted by Gasteiger charge is 2.38. The Morgan fingerprint density at radius 2 is 2.10 bits per heavy atom. The largest absolute Gasteiger partial charge is 0.466 e. The molecule has 0 aromatic heterocycles. The van der Waals surface area contributed by atoms with E-state index in [4.69, 9.17) is 4.74 Å². The number of carbonyl (C=O) groups is 3. The number of hydrogen-bond acceptors (Lipinski definition) is 4. The van der Waals surface area contributed by atoms with Crippen molar-refractivity contribution >= 4 is 17.9 Å². The van der Waals surface area contributed by atoms with E-state index in [1.165, 1.54) is 4.90 Å². The first-order valence-corrected chi connectivity index (χ1v) is 7.65. The van der Waals surface area contributed by atoms with Crippen molar-refractivity contribution < 1.29 is 24.0 Å². The average molecular weight is 298 g/mol. The molecule has 0 aliphatic carbocycles. The highest BCUT2D eigenvalue weighted by molar-refractivity contribution is 5.97. The summed E-state index contributed by atoms with van der Waals surface area (Å²) in [5.41, 5.74) is 0. The van der Waals surface area contributed by atoms with Crippen LogP contribution in [0.25, 0.3) is 0 Å². The third kappa shape index (κ3) is 3.53. The monoisotopic (exact) mass is 298 g/mol. The molecule has 0 unspecified atom stereocenters. The molecule has 2 heterocycles. The second-order valence-electron chi connectivity index (χ2n) is 5.63. The summed E-state index contributed by atoms with van der Waals surface area (Å²) in [4.78, 5) is 38.0. The van der Waals surface area contributed by atoms with Gasteiger partial charge in [-0.1, -0.05) is 0 Å². The summed E-state index contributed by atoms with van der Waals surface area (Å²) >= 11 is 0. The molecule has 2 rings (SSSR count). The Hall–Kier alpha value is -1.63. The van der Waals surface area contributed by atoms with Gasteiger partial charge in [0.15, 0.2) is 6.04 Å². The zero-order chi connectivity index (χ0) is 15.4. The van der Waals surface area contributed by atoms with E-state index >= 15 is 0 Å². The van der Waals surface area contributed by atoms with Gasteiger partial charge in [-0.2, -0.15) is 0 Å². The van der Waals surface area contributed by atoms with Crippen molar-refractivity contribution in [1.29, 1.82) is 0 Å². The molecule has 0 radical (unpaired) electrons. The predicted octanol–water partition coefficient (Wildman–Crippen LogP) is -1.22. The Morgan fingerprint density at radius 3 is 2.62 bits per heavy atom. The number of imide groups is 1. The van der Waals surface area contributed by atoms with Gasteiger partial charge in [0, 0.05) is 25.9 Å². The maximum atomic E-state index is 12.3. The van der Waals surface area contributed by atoms with Gasteiger partial charge in [0.2, 0.25) is 0 Å². The van der Waals surface area contributed by atoms with Crippen molar-refractivity contribution in [2.45, 2.75) is 32.7 Å². The summed E-state index contributed by atoms with van der Waals surface area (Å²) in [6, 6.07) is -0.551. The standard InChI is InChI=1S/C14H23N3O4/c1-3-21-13(19)11-4-7-16(8-5-11)10(2)12(18)17-9-6-15-14(17)20/h10-11H,3-9H2,1-2H3,(H,15,20)/p+1/t10-/m0/s1. The normalized spacial score (nSPS) is 27.1. The van der Waals surface area contributed by atoms with Gasteiger partial charge in [0.25, 0.3) is 5.91 Å². The first-order valence-electron chi connectivity index (χ1n) is 7.65. The zero-order valence-electron chi connectivity index (χ0n) is 12.7. The molecule has 1 atom stereocenters. The predicted molar refractivity (Wildman–Crippen MR) is 74.6 cm³/mol. The van der Waals surface area contributed by atoms with Crippen LogP contribution >= 0.6 is 0 Å². The number of urea groups is 1. The number of likely N-dealkylation sites (tertiary alicyclic amines) is 1. The molecule has 2 N–H and O–H groups in total. The summed E-state index contributed by atoms with van der Waals surface area (Å²) in [6.07, 6.45) is 1.47. The average Bonchev–Trinajstić information content (AvgIpc) is 2.92. The molecule has 3 amide bonds. The van der Waals surface area contributed by atoms with E-state index < -0.39 is 0 Å². The molecule has 7 heteroatoms. The molecular weight excluding hydrogens is 274 g/mol. The molecule has 2 saturated heterocycles. The first kappa shape index (κ1) is 15.8. The van der Waals surface area contributed by atoms with Crippen molar-refractivity contribution in [3.05, 3.63) is 0 Å². The minimum absolute atomic E-state index is 0.0499. The maximum Gasteiger partial charge on any atom is 0.324 e. The molecule has 2 fully saturated rings. The SMILES string of the molecule is CCOC(=O)C1CC[NH+]([C@@H](C)C(=O)N2CCNC2=O)CC1. The van der Waals surface area contributed by atoms with Crippen molar-refractivity contribution in [2.24, 2.45) is 5.92 Å². The fourth-order valence-corrected chi connectivity index (χ4v) is 3.01. The van der Waals surface area contributed by atoms with E-state index in [9.17, 15) is 14.4 Å². The quantitative estimate of drug-likeness (QED) is 0.638. The Kier molecular flexibility index (Phi) is 5.17. The minimum atomic E-state index is -0.298. The molecule has 0 bridgehead atoms. The Labute approximate surface area is 124 Å². The van der Waals surface area contributed by atoms with Crippen LogP contribution in [0.3, 0.4) is 0 Å². The van der Waals surface area contributed by atoms with Gasteiger partial charge in [0.1, 0.15) is 0 Å². The number of ether oxygens (including phenoxy) is 1. The van der Waals surface area contributed by atoms with E-state index in [2.05, 4.69) is 5.32 Å². The number of hydrogen-bond donors (Lipinski definition) is 2. The van der Waals surface area contributed by atoms with Crippen LogP contribution in [-0.2, 0) is 14.3 Å². The summed E-state index contributed by atoms with van der Waals surface area (Å²) in [6.45, 7) is 6.55. The number of nitrogens with zero attached hydrogens (tertiary/aromatic N) is 1. The highest BCUT2D eigenvalue weighted by Crippen LogP contribution is 2.12. The van der Waals surface area contributed by atoms with Crippen LogP contribution in [0.1, 0.15) is 26.7 Å². The van der Waals surface area contributed by atoms with Crippen molar-refractivity contribution in [2.75, 3.05) is 32.8 Å². The van der Waals surface area contributed by atoms with Crippen LogP contribution in [-0.4, -0.2) is 61.6 Å². The summed E-state index contributed by atoms with van der Waals surface area (Å²) in [5.74, 6) is -0.310. The molecule has 0 saturated carbocycles. The van der Waals surface area contributed by atoms with Gasteiger partial charge in [-0.15, -0.1) is 0 Å². The van der Waals surface area contributed by atoms with Crippen molar-refractivity contribution in [3.63, 3.8) is 0 Å². The lowest BCUT2D eigenvalue weighted by molar-refractivity contribution is -0.920. The van der Waals surface area contributed by atoms with Gasteiger partial charge in [-0.05, 0) is 13.8 Å². The number of esters is 1. The van der Waals surface area contributed by atoms with Gasteiger partial charge in [0.05, 0.1) is 25.6 Å². The second-order valence-corrected chi connectivity index (χ2v) is 5.63. The minimum Gasteiger partial charge on any atom is -0.466 e. The van der Waals surface area contributed by atoms with E-state index in [0.717, 1.165) is 30.8 Å². The summed E-state index contributed by atoms with van der Waals surface area (Å²) < 4.78 is 5.04. The van der Waals surface area contributed by atoms with Crippen molar-refractivity contribution in [1.82, 2.24) is 10.2 Å². The molecule has 118 valence electrons. The van der Waals surface area contributed by atoms with E-state index in [-0.39, 0.29) is 29.9 Å². The number of piperidine rings is 1. The van der Waals surface area contributed by atoms with E-state index in [1.54, 1.807) is 6.92 Å². The Morgan fingerprint density at radius 1 is 1.43 bits per heavy atom. The fourth-order valence-electron chi connectivity index (χ4n) is 3.01. The van der Waals surface area contributed by atoms with Crippen LogP contribution < -0.4 is 10.2 Å². The van der Waals surface area contributed by atoms with Gasteiger partial charge in [-0.25, -0.2) is 4.79 Å². The molecule has 2 aliphatic rings. The topological polar surface area (TPSA) is 80.2 Å². The molecular formula is C14H24N3O4+. The Balaban J connectivity index is 1.85. The third-order valence-electron chi connectivity index (χ3n) is 4.35. The lowest BCUT2D eigenvalue weighted by Gasteiger charge is -2.32. The molecule has 21 heavy (non-hydrogen) atoms. The molecule has 2 aliphatic heterocycles. The fraction of sp³-hybridized carbons (Fsp3) is 0.786. The van der Waals surface area contributed by atoms with Crippen molar-refractivity contribution in [3.8, 4) is 0 Å². The van der Waals surface area contributed by atoms with Crippen LogP contribution in [0.2, 0.25) is 0 Å². The van der Waals surface area contributed by atoms with Crippen LogP contribution in [0.4, 0.5) is 4.79 Å². The van der Waals surface area contributed by atoms with E-state index in [1.807, 2.05) is 6.92 Å². The molecule has 0 spiro atoms. The van der Waals surface area contributed by atoms with Gasteiger partial charge >= 0.3 is 12.0 Å². The maximum absolute atomic E-state index is 12.3. The number of amides is 3.